The molecule has 0 aliphatic carbocycles. The fraction of sp³-hybridized carbons (Fsp3) is 0.467. The van der Waals surface area contributed by atoms with Crippen molar-refractivity contribution in [3.63, 3.8) is 0 Å². The van der Waals surface area contributed by atoms with Crippen LogP contribution in [0.25, 0.3) is 0 Å². The lowest BCUT2D eigenvalue weighted by Gasteiger charge is -2.12. The van der Waals surface area contributed by atoms with Crippen molar-refractivity contribution in [2.75, 3.05) is 25.6 Å². The summed E-state index contributed by atoms with van der Waals surface area (Å²) in [6.07, 6.45) is 0.679. The normalized spacial score (nSPS) is 10.2. The van der Waals surface area contributed by atoms with Crippen LogP contribution in [0.4, 0.5) is 5.69 Å². The van der Waals surface area contributed by atoms with E-state index in [0.29, 0.717) is 25.3 Å². The van der Waals surface area contributed by atoms with E-state index in [2.05, 4.69) is 10.6 Å². The van der Waals surface area contributed by atoms with E-state index in [1.165, 1.54) is 0 Å². The Morgan fingerprint density at radius 1 is 1.10 bits per heavy atom. The van der Waals surface area contributed by atoms with Gasteiger partial charge in [-0.15, -0.1) is 0 Å². The van der Waals surface area contributed by atoms with Gasteiger partial charge in [-0.25, -0.2) is 0 Å². The number of benzene rings is 1. The molecular formula is C15H22N2O3. The standard InChI is InChI=1S/C15H22N2O3/c1-10-8-11(2)13(12(3)9-10)17-15(19)14(18)16-6-5-7-20-4/h8-9H,5-7H2,1-4H3,(H,16,18)(H,17,19). The van der Waals surface area contributed by atoms with E-state index >= 15 is 0 Å². The number of amides is 2. The third-order valence-electron chi connectivity index (χ3n) is 2.93. The lowest BCUT2D eigenvalue weighted by Crippen LogP contribution is -2.36. The number of anilines is 1. The van der Waals surface area contributed by atoms with Gasteiger partial charge in [0.05, 0.1) is 0 Å². The predicted molar refractivity (Wildman–Crippen MR) is 78.8 cm³/mol. The Morgan fingerprint density at radius 3 is 2.25 bits per heavy atom. The molecule has 1 aromatic rings. The zero-order valence-electron chi connectivity index (χ0n) is 12.5. The third kappa shape index (κ3) is 4.66. The summed E-state index contributed by atoms with van der Waals surface area (Å²) in [6, 6.07) is 3.94. The molecule has 2 amide bonds. The van der Waals surface area contributed by atoms with Gasteiger partial charge in [0.15, 0.2) is 0 Å². The Hall–Kier alpha value is -1.88. The number of rotatable bonds is 5. The molecule has 5 heteroatoms. The second kappa shape index (κ2) is 7.65. The Kier molecular flexibility index (Phi) is 6.18. The Bertz CT molecular complexity index is 475. The predicted octanol–water partition coefficient (Wildman–Crippen LogP) is 1.70. The van der Waals surface area contributed by atoms with Crippen molar-refractivity contribution in [1.29, 1.82) is 0 Å². The molecule has 0 saturated heterocycles. The van der Waals surface area contributed by atoms with Gasteiger partial charge in [-0.05, 0) is 38.3 Å². The van der Waals surface area contributed by atoms with Crippen molar-refractivity contribution in [2.24, 2.45) is 0 Å². The number of hydrogen-bond acceptors (Lipinski definition) is 3. The van der Waals surface area contributed by atoms with Crippen molar-refractivity contribution in [3.8, 4) is 0 Å². The lowest BCUT2D eigenvalue weighted by atomic mass is 10.1. The first-order chi connectivity index (χ1) is 9.45. The maximum Gasteiger partial charge on any atom is 0.313 e. The fourth-order valence-electron chi connectivity index (χ4n) is 2.05. The summed E-state index contributed by atoms with van der Waals surface area (Å²) < 4.78 is 4.87. The minimum Gasteiger partial charge on any atom is -0.385 e. The van der Waals surface area contributed by atoms with Gasteiger partial charge in [-0.1, -0.05) is 17.7 Å². The van der Waals surface area contributed by atoms with Crippen molar-refractivity contribution < 1.29 is 14.3 Å². The number of hydrogen-bond donors (Lipinski definition) is 2. The summed E-state index contributed by atoms with van der Waals surface area (Å²) in [7, 11) is 1.59. The molecule has 0 spiro atoms. The van der Waals surface area contributed by atoms with E-state index in [4.69, 9.17) is 4.74 Å². The van der Waals surface area contributed by atoms with Crippen LogP contribution in [0.1, 0.15) is 23.1 Å². The molecule has 110 valence electrons. The first-order valence-electron chi connectivity index (χ1n) is 6.61. The summed E-state index contributed by atoms with van der Waals surface area (Å²) in [5.41, 5.74) is 3.72. The average Bonchev–Trinajstić information content (AvgIpc) is 2.38. The minimum atomic E-state index is -0.641. The van der Waals surface area contributed by atoms with Crippen LogP contribution in [0.5, 0.6) is 0 Å². The average molecular weight is 278 g/mol. The fourth-order valence-corrected chi connectivity index (χ4v) is 2.05. The van der Waals surface area contributed by atoms with Crippen molar-refractivity contribution >= 4 is 17.5 Å². The SMILES string of the molecule is COCCCNC(=O)C(=O)Nc1c(C)cc(C)cc1C. The molecule has 0 aliphatic rings. The van der Waals surface area contributed by atoms with E-state index in [1.807, 2.05) is 32.9 Å². The number of carbonyl (C=O) groups excluding carboxylic acids is 2. The molecule has 0 aliphatic heterocycles. The Balaban J connectivity index is 2.60. The smallest absolute Gasteiger partial charge is 0.313 e. The lowest BCUT2D eigenvalue weighted by molar-refractivity contribution is -0.136. The number of aryl methyl sites for hydroxylation is 3. The largest absolute Gasteiger partial charge is 0.385 e. The van der Waals surface area contributed by atoms with Crippen LogP contribution in [-0.4, -0.2) is 32.1 Å². The first-order valence-corrected chi connectivity index (χ1v) is 6.61. The summed E-state index contributed by atoms with van der Waals surface area (Å²) in [6.45, 7) is 6.79. The highest BCUT2D eigenvalue weighted by molar-refractivity contribution is 6.39. The summed E-state index contributed by atoms with van der Waals surface area (Å²) >= 11 is 0. The van der Waals surface area contributed by atoms with Gasteiger partial charge < -0.3 is 15.4 Å². The molecule has 0 aromatic heterocycles. The first kappa shape index (κ1) is 16.2. The van der Waals surface area contributed by atoms with E-state index < -0.39 is 11.8 Å². The van der Waals surface area contributed by atoms with E-state index in [-0.39, 0.29) is 0 Å². The summed E-state index contributed by atoms with van der Waals surface area (Å²) in [4.78, 5) is 23.4. The number of methoxy groups -OCH3 is 1. The molecule has 2 N–H and O–H groups in total. The molecule has 5 nitrogen and oxygen atoms in total. The Morgan fingerprint density at radius 2 is 1.70 bits per heavy atom. The molecule has 1 rings (SSSR count). The molecule has 0 saturated carbocycles. The van der Waals surface area contributed by atoms with Gasteiger partial charge in [0.2, 0.25) is 0 Å². The van der Waals surface area contributed by atoms with Crippen LogP contribution in [-0.2, 0) is 14.3 Å². The third-order valence-corrected chi connectivity index (χ3v) is 2.93. The van der Waals surface area contributed by atoms with Gasteiger partial charge in [0.25, 0.3) is 0 Å². The zero-order valence-corrected chi connectivity index (χ0v) is 12.5. The van der Waals surface area contributed by atoms with Crippen LogP contribution in [0, 0.1) is 20.8 Å². The summed E-state index contributed by atoms with van der Waals surface area (Å²) in [5.74, 6) is -1.27. The van der Waals surface area contributed by atoms with Crippen molar-refractivity contribution in [1.82, 2.24) is 5.32 Å². The highest BCUT2D eigenvalue weighted by Crippen LogP contribution is 2.21. The van der Waals surface area contributed by atoms with Crippen LogP contribution >= 0.6 is 0 Å². The number of ether oxygens (including phenoxy) is 1. The summed E-state index contributed by atoms with van der Waals surface area (Å²) in [5, 5.41) is 5.22. The molecule has 0 heterocycles. The molecule has 1 aromatic carbocycles. The maximum atomic E-state index is 11.8. The highest BCUT2D eigenvalue weighted by atomic mass is 16.5. The van der Waals surface area contributed by atoms with Crippen LogP contribution in [0.15, 0.2) is 12.1 Å². The number of nitrogens with one attached hydrogen (secondary N) is 2. The Labute approximate surface area is 119 Å². The second-order valence-corrected chi connectivity index (χ2v) is 4.83. The maximum absolute atomic E-state index is 11.8. The topological polar surface area (TPSA) is 67.4 Å². The molecule has 20 heavy (non-hydrogen) atoms. The van der Waals surface area contributed by atoms with Crippen LogP contribution in [0.3, 0.4) is 0 Å². The van der Waals surface area contributed by atoms with E-state index in [9.17, 15) is 9.59 Å². The van der Waals surface area contributed by atoms with Crippen molar-refractivity contribution in [3.05, 3.63) is 28.8 Å². The molecule has 0 unspecified atom stereocenters. The van der Waals surface area contributed by atoms with Crippen LogP contribution < -0.4 is 10.6 Å². The number of carbonyl (C=O) groups is 2. The van der Waals surface area contributed by atoms with E-state index in [0.717, 1.165) is 16.7 Å². The molecule has 0 fully saturated rings. The second-order valence-electron chi connectivity index (χ2n) is 4.83. The van der Waals surface area contributed by atoms with Gasteiger partial charge >= 0.3 is 11.8 Å². The van der Waals surface area contributed by atoms with Gasteiger partial charge in [0, 0.05) is 25.9 Å². The zero-order chi connectivity index (χ0) is 15.1. The monoisotopic (exact) mass is 278 g/mol. The minimum absolute atomic E-state index is 0.423. The van der Waals surface area contributed by atoms with Crippen molar-refractivity contribution in [2.45, 2.75) is 27.2 Å². The molecule has 0 bridgehead atoms. The molecular weight excluding hydrogens is 256 g/mol. The van der Waals surface area contributed by atoms with Gasteiger partial charge in [-0.2, -0.15) is 0 Å². The molecule has 0 radical (unpaired) electrons. The quantitative estimate of drug-likeness (QED) is 0.636. The van der Waals surface area contributed by atoms with E-state index in [1.54, 1.807) is 7.11 Å². The van der Waals surface area contributed by atoms with Crippen LogP contribution in [0.2, 0.25) is 0 Å². The highest BCUT2D eigenvalue weighted by Gasteiger charge is 2.15. The van der Waals surface area contributed by atoms with Gasteiger partial charge in [0.1, 0.15) is 0 Å². The van der Waals surface area contributed by atoms with Gasteiger partial charge in [-0.3, -0.25) is 9.59 Å². The molecule has 0 atom stereocenters.